The van der Waals surface area contributed by atoms with E-state index in [0.717, 1.165) is 11.8 Å². The van der Waals surface area contributed by atoms with Gasteiger partial charge in [-0.15, -0.1) is 11.3 Å². The van der Waals surface area contributed by atoms with Crippen LogP contribution in [0.2, 0.25) is 5.02 Å². The Morgan fingerprint density at radius 2 is 1.97 bits per heavy atom. The van der Waals surface area contributed by atoms with Gasteiger partial charge in [0.25, 0.3) is 5.56 Å². The molecule has 4 heterocycles. The number of nitrogens with zero attached hydrogens (tertiary/aromatic N) is 5. The molecule has 8 nitrogen and oxygen atoms in total. The number of rotatable bonds is 4. The molecule has 11 heteroatoms. The van der Waals surface area contributed by atoms with Crippen LogP contribution in [0.25, 0.3) is 37.2 Å². The molecule has 0 aliphatic heterocycles. The molecule has 0 saturated heterocycles. The Bertz CT molecular complexity index is 1790. The first kappa shape index (κ1) is 22.0. The molecule has 0 bridgehead atoms. The summed E-state index contributed by atoms with van der Waals surface area (Å²) in [6, 6.07) is 4.43. The number of halogens is 2. The zero-order chi connectivity index (χ0) is 24.6. The van der Waals surface area contributed by atoms with Gasteiger partial charge in [0.2, 0.25) is 0 Å². The second-order valence-corrected chi connectivity index (χ2v) is 10.2. The van der Waals surface area contributed by atoms with Crippen molar-refractivity contribution >= 4 is 44.1 Å². The second-order valence-electron chi connectivity index (χ2n) is 8.73. The highest BCUT2D eigenvalue weighted by Crippen LogP contribution is 2.45. The third-order valence-electron chi connectivity index (χ3n) is 6.53. The zero-order valence-electron chi connectivity index (χ0n) is 19.0. The molecule has 1 fully saturated rings. The Morgan fingerprint density at radius 3 is 2.69 bits per heavy atom. The molecule has 1 aliphatic carbocycles. The fourth-order valence-electron chi connectivity index (χ4n) is 4.59. The number of thiophene rings is 1. The van der Waals surface area contributed by atoms with Crippen LogP contribution in [-0.2, 0) is 7.05 Å². The van der Waals surface area contributed by atoms with Crippen molar-refractivity contribution in [1.29, 1.82) is 0 Å². The highest BCUT2D eigenvalue weighted by molar-refractivity contribution is 7.22. The number of fused-ring (bicyclic) bond motifs is 2. The Labute approximate surface area is 206 Å². The molecular formula is C24H19ClFN5O3S. The lowest BCUT2D eigenvalue weighted by Gasteiger charge is -2.12. The van der Waals surface area contributed by atoms with Crippen LogP contribution in [-0.4, -0.2) is 31.0 Å². The molecule has 5 aromatic rings. The van der Waals surface area contributed by atoms with Crippen LogP contribution < -0.4 is 16.0 Å². The Balaban J connectivity index is 1.69. The molecule has 0 spiro atoms. The van der Waals surface area contributed by atoms with Crippen molar-refractivity contribution in [2.45, 2.75) is 19.4 Å². The van der Waals surface area contributed by atoms with Gasteiger partial charge in [-0.25, -0.2) is 13.8 Å². The molecule has 2 unspecified atom stereocenters. The van der Waals surface area contributed by atoms with E-state index in [1.807, 2.05) is 0 Å². The quantitative estimate of drug-likeness (QED) is 0.353. The van der Waals surface area contributed by atoms with Crippen LogP contribution in [0.15, 0.2) is 46.4 Å². The molecular weight excluding hydrogens is 493 g/mol. The van der Waals surface area contributed by atoms with E-state index >= 15 is 0 Å². The predicted molar refractivity (Wildman–Crippen MR) is 134 cm³/mol. The number of aryl methyl sites for hydroxylation is 1. The number of hydrogen-bond acceptors (Lipinski definition) is 6. The van der Waals surface area contributed by atoms with Gasteiger partial charge < -0.3 is 4.74 Å². The van der Waals surface area contributed by atoms with Crippen molar-refractivity contribution in [2.75, 3.05) is 7.11 Å². The molecule has 1 aromatic carbocycles. The van der Waals surface area contributed by atoms with Crippen LogP contribution >= 0.6 is 22.9 Å². The summed E-state index contributed by atoms with van der Waals surface area (Å²) >= 11 is 7.58. The average molecular weight is 512 g/mol. The van der Waals surface area contributed by atoms with E-state index in [2.05, 4.69) is 17.0 Å². The average Bonchev–Trinajstić information content (AvgIpc) is 3.20. The van der Waals surface area contributed by atoms with E-state index in [1.54, 1.807) is 34.8 Å². The molecule has 0 N–H and O–H groups in total. The van der Waals surface area contributed by atoms with Gasteiger partial charge >= 0.3 is 5.69 Å². The minimum Gasteiger partial charge on any atom is -0.494 e. The number of methoxy groups -OCH3 is 1. The number of pyridine rings is 1. The summed E-state index contributed by atoms with van der Waals surface area (Å²) in [7, 11) is 3.13. The Kier molecular flexibility index (Phi) is 4.87. The van der Waals surface area contributed by atoms with Crippen LogP contribution in [0.4, 0.5) is 4.39 Å². The SMILES string of the molecule is COc1cc(-c2cc3c(s2)c(=O)n(-c2cncc4cnn(C)c24)c(=O)n3C2CC2C)c(Cl)cc1F. The summed E-state index contributed by atoms with van der Waals surface area (Å²) in [5, 5.41) is 5.17. The van der Waals surface area contributed by atoms with E-state index < -0.39 is 17.1 Å². The van der Waals surface area contributed by atoms with Gasteiger partial charge in [-0.1, -0.05) is 18.5 Å². The minimum atomic E-state index is -0.579. The largest absolute Gasteiger partial charge is 0.494 e. The van der Waals surface area contributed by atoms with Crippen molar-refractivity contribution in [3.8, 4) is 21.9 Å². The maximum atomic E-state index is 14.1. The third-order valence-corrected chi connectivity index (χ3v) is 7.99. The van der Waals surface area contributed by atoms with Gasteiger partial charge in [-0.3, -0.25) is 19.0 Å². The van der Waals surface area contributed by atoms with Gasteiger partial charge in [-0.2, -0.15) is 5.10 Å². The van der Waals surface area contributed by atoms with Gasteiger partial charge in [0.1, 0.15) is 4.70 Å². The van der Waals surface area contributed by atoms with Crippen molar-refractivity contribution < 1.29 is 9.13 Å². The van der Waals surface area contributed by atoms with Crippen LogP contribution in [0, 0.1) is 11.7 Å². The van der Waals surface area contributed by atoms with Crippen LogP contribution in [0.3, 0.4) is 0 Å². The number of aromatic nitrogens is 5. The second kappa shape index (κ2) is 7.76. The van der Waals surface area contributed by atoms with Gasteiger partial charge in [0.05, 0.1) is 41.2 Å². The van der Waals surface area contributed by atoms with Gasteiger partial charge in [-0.05, 0) is 30.5 Å². The minimum absolute atomic E-state index is 0.0313. The predicted octanol–water partition coefficient (Wildman–Crippen LogP) is 4.54. The lowest BCUT2D eigenvalue weighted by molar-refractivity contribution is 0.387. The Morgan fingerprint density at radius 1 is 1.20 bits per heavy atom. The fraction of sp³-hybridized carbons (Fsp3) is 0.250. The number of hydrogen-bond donors (Lipinski definition) is 0. The molecule has 2 atom stereocenters. The number of benzene rings is 1. The van der Waals surface area contributed by atoms with E-state index in [4.69, 9.17) is 16.3 Å². The standard InChI is InChI=1S/C24H19ClFN5O3S/c1-11-4-16(11)30-17-7-20(13-5-19(34-3)15(26)6-14(13)25)35-22(17)23(32)31(24(30)33)18-10-27-8-12-9-28-29(2)21(12)18/h5-11,16H,4H2,1-3H3. The summed E-state index contributed by atoms with van der Waals surface area (Å²) in [5.41, 5.74) is 1.19. The highest BCUT2D eigenvalue weighted by Gasteiger charge is 2.38. The van der Waals surface area contributed by atoms with Crippen molar-refractivity contribution in [1.82, 2.24) is 23.9 Å². The first-order valence-electron chi connectivity index (χ1n) is 10.9. The van der Waals surface area contributed by atoms with E-state index in [1.165, 1.54) is 41.3 Å². The van der Waals surface area contributed by atoms with Crippen molar-refractivity contribution in [2.24, 2.45) is 13.0 Å². The van der Waals surface area contributed by atoms with Crippen LogP contribution in [0.1, 0.15) is 19.4 Å². The Hall–Kier alpha value is -3.50. The molecule has 0 radical (unpaired) electrons. The lowest BCUT2D eigenvalue weighted by Crippen LogP contribution is -2.38. The van der Waals surface area contributed by atoms with E-state index in [-0.39, 0.29) is 16.8 Å². The third kappa shape index (κ3) is 3.24. The monoisotopic (exact) mass is 511 g/mol. The molecule has 1 saturated carbocycles. The summed E-state index contributed by atoms with van der Waals surface area (Å²) in [5.74, 6) is -0.239. The number of ether oxygens (including phenoxy) is 1. The zero-order valence-corrected chi connectivity index (χ0v) is 20.5. The van der Waals surface area contributed by atoms with E-state index in [0.29, 0.717) is 37.8 Å². The molecule has 1 aliphatic rings. The van der Waals surface area contributed by atoms with Gasteiger partial charge in [0, 0.05) is 35.1 Å². The molecule has 4 aromatic heterocycles. The first-order valence-corrected chi connectivity index (χ1v) is 12.1. The smallest absolute Gasteiger partial charge is 0.336 e. The normalized spacial score (nSPS) is 17.4. The summed E-state index contributed by atoms with van der Waals surface area (Å²) in [4.78, 5) is 32.5. The summed E-state index contributed by atoms with van der Waals surface area (Å²) in [6.07, 6.45) is 5.63. The molecule has 0 amide bonds. The van der Waals surface area contributed by atoms with Crippen molar-refractivity contribution in [3.05, 3.63) is 68.5 Å². The summed E-state index contributed by atoms with van der Waals surface area (Å²) < 4.78 is 24.2. The maximum Gasteiger partial charge on any atom is 0.336 e. The lowest BCUT2D eigenvalue weighted by atomic mass is 10.1. The summed E-state index contributed by atoms with van der Waals surface area (Å²) in [6.45, 7) is 2.07. The van der Waals surface area contributed by atoms with E-state index in [9.17, 15) is 14.0 Å². The first-order chi connectivity index (χ1) is 16.8. The highest BCUT2D eigenvalue weighted by atomic mass is 35.5. The molecule has 35 heavy (non-hydrogen) atoms. The topological polar surface area (TPSA) is 83.9 Å². The van der Waals surface area contributed by atoms with Crippen molar-refractivity contribution in [3.63, 3.8) is 0 Å². The fourth-order valence-corrected chi connectivity index (χ4v) is 6.01. The van der Waals surface area contributed by atoms with Crippen LogP contribution in [0.5, 0.6) is 5.75 Å². The van der Waals surface area contributed by atoms with Gasteiger partial charge in [0.15, 0.2) is 11.6 Å². The maximum absolute atomic E-state index is 14.1. The molecule has 6 rings (SSSR count). The molecule has 178 valence electrons.